The van der Waals surface area contributed by atoms with Gasteiger partial charge in [0.15, 0.2) is 25.5 Å². The highest BCUT2D eigenvalue weighted by Crippen LogP contribution is 2.41. The predicted molar refractivity (Wildman–Crippen MR) is 172 cm³/mol. The van der Waals surface area contributed by atoms with Gasteiger partial charge < -0.3 is 30.0 Å². The highest BCUT2D eigenvalue weighted by molar-refractivity contribution is 6.74. The van der Waals surface area contributed by atoms with E-state index in [1.807, 2.05) is 6.07 Å². The molecule has 2 aromatic heterocycles. The number of hydrogen-bond donors (Lipinski definition) is 3. The smallest absolute Gasteiger partial charge is 0.247 e. The summed E-state index contributed by atoms with van der Waals surface area (Å²) >= 11 is 7.10. The zero-order valence-corrected chi connectivity index (χ0v) is 27.6. The fraction of sp³-hybridized carbons (Fsp3) is 0.567. The van der Waals surface area contributed by atoms with Crippen LogP contribution in [0, 0.1) is 22.7 Å². The second-order valence-electron chi connectivity index (χ2n) is 13.4. The highest BCUT2D eigenvalue weighted by atomic mass is 35.5. The molecule has 1 saturated carbocycles. The first-order chi connectivity index (χ1) is 21.0. The van der Waals surface area contributed by atoms with Crippen molar-refractivity contribution >= 4 is 48.7 Å². The molecule has 1 aromatic carbocycles. The molecule has 4 heterocycles. The summed E-state index contributed by atoms with van der Waals surface area (Å²) in [6.07, 6.45) is 4.37. The zero-order chi connectivity index (χ0) is 31.2. The number of imidazole rings is 1. The topological polar surface area (TPSA) is 148 Å². The van der Waals surface area contributed by atoms with E-state index in [0.29, 0.717) is 52.1 Å². The molecular formula is C30H39ClN10O2Si. The van der Waals surface area contributed by atoms with Crippen LogP contribution in [0.1, 0.15) is 51.3 Å². The molecule has 14 heteroatoms. The summed E-state index contributed by atoms with van der Waals surface area (Å²) in [6.45, 7) is 14.1. The molecule has 12 nitrogen and oxygen atoms in total. The number of rotatable bonds is 9. The summed E-state index contributed by atoms with van der Waals surface area (Å²) in [7, 11) is -2.09. The monoisotopic (exact) mass is 634 g/mol. The van der Waals surface area contributed by atoms with Crippen molar-refractivity contribution in [2.24, 2.45) is 0 Å². The Labute approximate surface area is 263 Å². The lowest BCUT2D eigenvalue weighted by atomic mass is 9.99. The molecule has 3 aliphatic rings. The summed E-state index contributed by atoms with van der Waals surface area (Å²) in [5.41, 5.74) is 2.48. The van der Waals surface area contributed by atoms with Crippen molar-refractivity contribution in [1.82, 2.24) is 24.9 Å². The van der Waals surface area contributed by atoms with E-state index in [0.717, 1.165) is 44.7 Å². The Bertz CT molecular complexity index is 1630. The Morgan fingerprint density at radius 2 is 1.89 bits per heavy atom. The molecule has 0 unspecified atom stereocenters. The molecule has 232 valence electrons. The van der Waals surface area contributed by atoms with Crippen molar-refractivity contribution in [2.75, 3.05) is 41.8 Å². The van der Waals surface area contributed by atoms with Gasteiger partial charge in [0.25, 0.3) is 0 Å². The van der Waals surface area contributed by atoms with Crippen LogP contribution in [0.4, 0.5) is 23.1 Å². The fourth-order valence-corrected chi connectivity index (χ4v) is 6.90. The molecule has 0 amide bonds. The van der Waals surface area contributed by atoms with Gasteiger partial charge in [-0.2, -0.15) is 20.0 Å². The second-order valence-corrected chi connectivity index (χ2v) is 18.6. The number of fused-ring (bicyclic) bond motifs is 1. The number of nitriles is 2. The average molecular weight is 635 g/mol. The van der Waals surface area contributed by atoms with Gasteiger partial charge in [0, 0.05) is 25.2 Å². The van der Waals surface area contributed by atoms with Gasteiger partial charge >= 0.3 is 0 Å². The van der Waals surface area contributed by atoms with Gasteiger partial charge in [-0.3, -0.25) is 0 Å². The summed E-state index contributed by atoms with van der Waals surface area (Å²) in [4.78, 5) is 11.2. The van der Waals surface area contributed by atoms with Crippen LogP contribution in [-0.4, -0.2) is 78.4 Å². The summed E-state index contributed by atoms with van der Waals surface area (Å²) < 4.78 is 13.9. The summed E-state index contributed by atoms with van der Waals surface area (Å²) in [5.74, 6) is 0.777. The molecule has 2 saturated heterocycles. The Morgan fingerprint density at radius 1 is 1.11 bits per heavy atom. The SMILES string of the molecule is CC(C)(C)[Si](C)(C)O[C@@H]1CN(c2cc(C#N)cc(Nc3nc(NC4CC4)c4ncc(C#N)n4n3)c2Cl)CC[C@H]1NC1COC1. The lowest BCUT2D eigenvalue weighted by Crippen LogP contribution is -2.62. The van der Waals surface area contributed by atoms with Gasteiger partial charge in [-0.1, -0.05) is 32.4 Å². The minimum absolute atomic E-state index is 0.0594. The van der Waals surface area contributed by atoms with Crippen LogP contribution in [-0.2, 0) is 9.16 Å². The minimum Gasteiger partial charge on any atom is -0.411 e. The molecule has 2 aliphatic heterocycles. The van der Waals surface area contributed by atoms with E-state index in [4.69, 9.17) is 20.8 Å². The third-order valence-electron chi connectivity index (χ3n) is 9.06. The Kier molecular flexibility index (Phi) is 8.20. The molecule has 0 spiro atoms. The standard InChI is InChI=1S/C30H39ClN10O2Si/c1-30(2,3)44(4,5)43-25-15-40(9-8-22(25)35-20-16-42-17-20)24-11-18(12-32)10-23(26(24)31)37-29-38-27(36-19-6-7-19)28-34-14-21(13-33)41(28)39-29/h10-11,14,19-20,22,25,35H,6-9,15-17H2,1-5H3,(H2,36,37,38,39)/t22-,25-/m1/s1. The number of piperidine rings is 1. The summed E-state index contributed by atoms with van der Waals surface area (Å²) in [5, 5.41) is 35.0. The molecule has 44 heavy (non-hydrogen) atoms. The van der Waals surface area contributed by atoms with Crippen molar-refractivity contribution in [2.45, 2.75) is 82.4 Å². The highest BCUT2D eigenvalue weighted by Gasteiger charge is 2.43. The lowest BCUT2D eigenvalue weighted by molar-refractivity contribution is -0.0203. The first kappa shape index (κ1) is 30.6. The number of aromatic nitrogens is 4. The van der Waals surface area contributed by atoms with Crippen molar-refractivity contribution in [3.05, 3.63) is 34.6 Å². The molecule has 6 rings (SSSR count). The van der Waals surface area contributed by atoms with Crippen LogP contribution in [0.15, 0.2) is 18.3 Å². The molecule has 0 radical (unpaired) electrons. The van der Waals surface area contributed by atoms with Gasteiger partial charge in [-0.25, -0.2) is 4.98 Å². The number of ether oxygens (including phenoxy) is 1. The van der Waals surface area contributed by atoms with E-state index >= 15 is 0 Å². The van der Waals surface area contributed by atoms with E-state index in [-0.39, 0.29) is 23.1 Å². The maximum absolute atomic E-state index is 9.97. The van der Waals surface area contributed by atoms with Crippen LogP contribution in [0.2, 0.25) is 23.2 Å². The van der Waals surface area contributed by atoms with E-state index in [2.05, 4.69) is 81.9 Å². The molecule has 3 fully saturated rings. The Hall–Kier alpha value is -3.46. The van der Waals surface area contributed by atoms with Gasteiger partial charge in [-0.05, 0) is 49.5 Å². The average Bonchev–Trinajstić information content (AvgIpc) is 3.67. The number of hydrogen-bond acceptors (Lipinski definition) is 11. The quantitative estimate of drug-likeness (QED) is 0.279. The van der Waals surface area contributed by atoms with Crippen LogP contribution < -0.4 is 20.9 Å². The third kappa shape index (κ3) is 6.21. The number of nitrogens with zero attached hydrogens (tertiary/aromatic N) is 7. The zero-order valence-electron chi connectivity index (χ0n) is 25.8. The summed E-state index contributed by atoms with van der Waals surface area (Å²) in [6, 6.07) is 8.78. The lowest BCUT2D eigenvalue weighted by Gasteiger charge is -2.47. The molecule has 3 aromatic rings. The largest absolute Gasteiger partial charge is 0.411 e. The maximum Gasteiger partial charge on any atom is 0.247 e. The van der Waals surface area contributed by atoms with Gasteiger partial charge in [0.1, 0.15) is 6.07 Å². The fourth-order valence-electron chi connectivity index (χ4n) is 5.28. The second kappa shape index (κ2) is 11.8. The van der Waals surface area contributed by atoms with E-state index in [9.17, 15) is 10.5 Å². The third-order valence-corrected chi connectivity index (χ3v) is 14.0. The first-order valence-corrected chi connectivity index (χ1v) is 18.4. The van der Waals surface area contributed by atoms with E-state index in [1.165, 1.54) is 10.7 Å². The van der Waals surface area contributed by atoms with Crippen molar-refractivity contribution in [3.8, 4) is 12.1 Å². The van der Waals surface area contributed by atoms with Crippen LogP contribution in [0.25, 0.3) is 5.65 Å². The van der Waals surface area contributed by atoms with Crippen LogP contribution >= 0.6 is 11.6 Å². The van der Waals surface area contributed by atoms with Crippen molar-refractivity contribution in [3.63, 3.8) is 0 Å². The molecule has 2 atom stereocenters. The van der Waals surface area contributed by atoms with Gasteiger partial charge in [0.05, 0.1) is 59.6 Å². The number of nitrogens with one attached hydrogen (secondary N) is 3. The number of anilines is 4. The molecule has 1 aliphatic carbocycles. The van der Waals surface area contributed by atoms with Crippen molar-refractivity contribution < 1.29 is 9.16 Å². The molecule has 3 N–H and O–H groups in total. The van der Waals surface area contributed by atoms with Crippen LogP contribution in [0.3, 0.4) is 0 Å². The predicted octanol–water partition coefficient (Wildman–Crippen LogP) is 4.80. The van der Waals surface area contributed by atoms with E-state index < -0.39 is 8.32 Å². The van der Waals surface area contributed by atoms with Gasteiger partial charge in [-0.15, -0.1) is 5.10 Å². The maximum atomic E-state index is 9.97. The minimum atomic E-state index is -2.09. The first-order valence-electron chi connectivity index (χ1n) is 15.2. The van der Waals surface area contributed by atoms with E-state index in [1.54, 1.807) is 6.07 Å². The number of halogens is 1. The van der Waals surface area contributed by atoms with Crippen molar-refractivity contribution in [1.29, 1.82) is 10.5 Å². The molecular weight excluding hydrogens is 596 g/mol. The Morgan fingerprint density at radius 3 is 2.52 bits per heavy atom. The van der Waals surface area contributed by atoms with Crippen LogP contribution in [0.5, 0.6) is 0 Å². The Balaban J connectivity index is 1.31. The number of benzene rings is 1. The molecule has 0 bridgehead atoms. The normalized spacial score (nSPS) is 21.0. The van der Waals surface area contributed by atoms with Gasteiger partial charge in [0.2, 0.25) is 5.95 Å².